The molecule has 0 bridgehead atoms. The molecule has 0 spiro atoms. The van der Waals surface area contributed by atoms with E-state index in [0.717, 1.165) is 28.8 Å². The molecule has 0 aliphatic rings. The van der Waals surface area contributed by atoms with Crippen LogP contribution in [0.4, 0.5) is 0 Å². The summed E-state index contributed by atoms with van der Waals surface area (Å²) in [7, 11) is 0. The Morgan fingerprint density at radius 2 is 0.946 bits per heavy atom. The van der Waals surface area contributed by atoms with Gasteiger partial charge in [-0.25, -0.2) is 0 Å². The first kappa shape index (κ1) is 24.5. The highest BCUT2D eigenvalue weighted by atomic mass is 15.0. The largest absolute Gasteiger partial charge is 0.340 e. The minimum atomic E-state index is 1.03. The van der Waals surface area contributed by atoms with Gasteiger partial charge in [0.15, 0.2) is 0 Å². The zero-order valence-electron chi connectivity index (χ0n) is 21.6. The number of benzene rings is 4. The molecule has 0 atom stereocenters. The molecule has 0 amide bonds. The van der Waals surface area contributed by atoms with Crippen molar-refractivity contribution in [2.75, 3.05) is 0 Å². The van der Waals surface area contributed by atoms with Gasteiger partial charge in [0, 0.05) is 50.6 Å². The molecule has 182 valence electrons. The molecule has 5 aromatic rings. The predicted octanol–water partition coefficient (Wildman–Crippen LogP) is 8.95. The Kier molecular flexibility index (Phi) is 8.05. The monoisotopic (exact) mass is 479 g/mol. The highest BCUT2D eigenvalue weighted by Crippen LogP contribution is 2.31. The van der Waals surface area contributed by atoms with Crippen molar-refractivity contribution >= 4 is 21.8 Å². The minimum Gasteiger partial charge on any atom is -0.340 e. The lowest BCUT2D eigenvalue weighted by Crippen LogP contribution is -1.98. The maximum Gasteiger partial charge on any atom is 0.0492 e. The Bertz CT molecular complexity index is 1480. The minimum absolute atomic E-state index is 1.03. The van der Waals surface area contributed by atoms with Crippen LogP contribution in [0, 0.1) is 23.7 Å². The van der Waals surface area contributed by atoms with Gasteiger partial charge in [0.1, 0.15) is 0 Å². The molecule has 1 heterocycles. The smallest absolute Gasteiger partial charge is 0.0492 e. The summed E-state index contributed by atoms with van der Waals surface area (Å²) in [6, 6.07) is 33.7. The zero-order valence-corrected chi connectivity index (χ0v) is 21.6. The molecular weight excluding hydrogens is 446 g/mol. The SMILES string of the molecule is CCCCCCCCn1c2ccc(C#Cc3ccccc3)cc2c2cc(C#Cc3ccccc3)ccc21. The fourth-order valence-corrected chi connectivity index (χ4v) is 4.88. The summed E-state index contributed by atoms with van der Waals surface area (Å²) in [5.41, 5.74) is 6.70. The van der Waals surface area contributed by atoms with Gasteiger partial charge in [-0.1, -0.05) is 99.1 Å². The lowest BCUT2D eigenvalue weighted by atomic mass is 10.1. The summed E-state index contributed by atoms with van der Waals surface area (Å²) in [6.45, 7) is 3.31. The average Bonchev–Trinajstić information content (AvgIpc) is 3.26. The fraction of sp³-hybridized carbons (Fsp3) is 0.222. The Hall–Kier alpha value is -4.20. The van der Waals surface area contributed by atoms with E-state index in [1.54, 1.807) is 0 Å². The topological polar surface area (TPSA) is 4.93 Å². The summed E-state index contributed by atoms with van der Waals surface area (Å²) in [4.78, 5) is 0. The van der Waals surface area contributed by atoms with Crippen LogP contribution in [0.2, 0.25) is 0 Å². The Balaban J connectivity index is 1.51. The predicted molar refractivity (Wildman–Crippen MR) is 158 cm³/mol. The van der Waals surface area contributed by atoms with Gasteiger partial charge in [-0.2, -0.15) is 0 Å². The van der Waals surface area contributed by atoms with E-state index < -0.39 is 0 Å². The van der Waals surface area contributed by atoms with Crippen molar-refractivity contribution in [2.45, 2.75) is 52.0 Å². The number of rotatable bonds is 7. The number of nitrogens with zero attached hydrogens (tertiary/aromatic N) is 1. The van der Waals surface area contributed by atoms with Gasteiger partial charge in [0.2, 0.25) is 0 Å². The van der Waals surface area contributed by atoms with Crippen molar-refractivity contribution in [2.24, 2.45) is 0 Å². The van der Waals surface area contributed by atoms with Gasteiger partial charge in [-0.15, -0.1) is 0 Å². The molecule has 0 saturated carbocycles. The second-order valence-corrected chi connectivity index (χ2v) is 9.62. The van der Waals surface area contributed by atoms with E-state index in [4.69, 9.17) is 0 Å². The highest BCUT2D eigenvalue weighted by molar-refractivity contribution is 6.09. The summed E-state index contributed by atoms with van der Waals surface area (Å²) in [5, 5.41) is 2.51. The average molecular weight is 480 g/mol. The molecule has 0 radical (unpaired) electrons. The third kappa shape index (κ3) is 6.14. The number of aryl methyl sites for hydroxylation is 1. The van der Waals surface area contributed by atoms with Gasteiger partial charge >= 0.3 is 0 Å². The van der Waals surface area contributed by atoms with E-state index >= 15 is 0 Å². The van der Waals surface area contributed by atoms with E-state index in [2.05, 4.69) is 95.8 Å². The summed E-state index contributed by atoms with van der Waals surface area (Å²) >= 11 is 0. The van der Waals surface area contributed by atoms with Crippen LogP contribution in [0.15, 0.2) is 97.1 Å². The molecule has 1 nitrogen and oxygen atoms in total. The molecule has 1 heteroatoms. The van der Waals surface area contributed by atoms with Crippen molar-refractivity contribution in [3.8, 4) is 23.7 Å². The first-order chi connectivity index (χ1) is 18.3. The molecule has 5 rings (SSSR count). The normalized spacial score (nSPS) is 10.6. The van der Waals surface area contributed by atoms with Crippen LogP contribution in [-0.2, 0) is 6.54 Å². The number of hydrogen-bond acceptors (Lipinski definition) is 0. The van der Waals surface area contributed by atoms with Crippen molar-refractivity contribution in [1.82, 2.24) is 4.57 Å². The summed E-state index contributed by atoms with van der Waals surface area (Å²) < 4.78 is 2.49. The molecule has 0 aliphatic heterocycles. The molecule has 0 unspecified atom stereocenters. The van der Waals surface area contributed by atoms with Crippen molar-refractivity contribution in [3.63, 3.8) is 0 Å². The first-order valence-electron chi connectivity index (χ1n) is 13.5. The maximum atomic E-state index is 3.37. The molecule has 1 aromatic heterocycles. The molecule has 37 heavy (non-hydrogen) atoms. The lowest BCUT2D eigenvalue weighted by Gasteiger charge is -2.08. The van der Waals surface area contributed by atoms with Crippen LogP contribution in [0.5, 0.6) is 0 Å². The maximum absolute atomic E-state index is 3.37. The molecule has 0 saturated heterocycles. The van der Waals surface area contributed by atoms with Gasteiger partial charge < -0.3 is 4.57 Å². The van der Waals surface area contributed by atoms with Gasteiger partial charge in [0.05, 0.1) is 0 Å². The van der Waals surface area contributed by atoms with E-state index in [9.17, 15) is 0 Å². The number of aromatic nitrogens is 1. The Labute approximate surface area is 221 Å². The standard InChI is InChI=1S/C36H33N/c1-2-3-4-5-6-13-26-37-35-24-22-31(20-18-29-14-9-7-10-15-29)27-33(35)34-28-32(23-25-36(34)37)21-19-30-16-11-8-12-17-30/h7-12,14-17,22-25,27-28H,2-6,13,26H2,1H3. The Morgan fingerprint density at radius 3 is 1.46 bits per heavy atom. The van der Waals surface area contributed by atoms with E-state index in [1.807, 2.05) is 36.4 Å². The third-order valence-electron chi connectivity index (χ3n) is 6.85. The number of fused-ring (bicyclic) bond motifs is 3. The Morgan fingerprint density at radius 1 is 0.486 bits per heavy atom. The van der Waals surface area contributed by atoms with E-state index in [1.165, 1.54) is 60.3 Å². The van der Waals surface area contributed by atoms with Crippen LogP contribution in [0.3, 0.4) is 0 Å². The van der Waals surface area contributed by atoms with Crippen molar-refractivity contribution in [1.29, 1.82) is 0 Å². The molecule has 4 aromatic carbocycles. The van der Waals surface area contributed by atoms with Crippen LogP contribution in [0.25, 0.3) is 21.8 Å². The molecule has 0 aliphatic carbocycles. The third-order valence-corrected chi connectivity index (χ3v) is 6.85. The summed E-state index contributed by atoms with van der Waals surface area (Å²) in [6.07, 6.45) is 7.78. The summed E-state index contributed by atoms with van der Waals surface area (Å²) in [5.74, 6) is 13.4. The fourth-order valence-electron chi connectivity index (χ4n) is 4.88. The molecule has 0 fully saturated rings. The van der Waals surface area contributed by atoms with Crippen LogP contribution in [-0.4, -0.2) is 4.57 Å². The van der Waals surface area contributed by atoms with Crippen LogP contribution < -0.4 is 0 Å². The number of hydrogen-bond donors (Lipinski definition) is 0. The van der Waals surface area contributed by atoms with Gasteiger partial charge in [-0.05, 0) is 67.1 Å². The second kappa shape index (κ2) is 12.2. The highest BCUT2D eigenvalue weighted by Gasteiger charge is 2.11. The molecular formula is C36H33N. The van der Waals surface area contributed by atoms with Gasteiger partial charge in [-0.3, -0.25) is 0 Å². The number of unbranched alkanes of at least 4 members (excludes halogenated alkanes) is 5. The zero-order chi connectivity index (χ0) is 25.3. The molecule has 0 N–H and O–H groups in total. The quantitative estimate of drug-likeness (QED) is 0.162. The van der Waals surface area contributed by atoms with Crippen LogP contribution in [0.1, 0.15) is 67.7 Å². The second-order valence-electron chi connectivity index (χ2n) is 9.62. The van der Waals surface area contributed by atoms with Crippen LogP contribution >= 0.6 is 0 Å². The van der Waals surface area contributed by atoms with Gasteiger partial charge in [0.25, 0.3) is 0 Å². The van der Waals surface area contributed by atoms with Crippen molar-refractivity contribution < 1.29 is 0 Å². The first-order valence-corrected chi connectivity index (χ1v) is 13.5. The lowest BCUT2D eigenvalue weighted by molar-refractivity contribution is 0.571. The van der Waals surface area contributed by atoms with Crippen molar-refractivity contribution in [3.05, 3.63) is 119 Å². The van der Waals surface area contributed by atoms with E-state index in [0.29, 0.717) is 0 Å². The van der Waals surface area contributed by atoms with E-state index in [-0.39, 0.29) is 0 Å².